The number of aromatic carboxylic acids is 1. The van der Waals surface area contributed by atoms with E-state index >= 15 is 0 Å². The Bertz CT molecular complexity index is 913. The summed E-state index contributed by atoms with van der Waals surface area (Å²) in [5.41, 5.74) is 1.08. The highest BCUT2D eigenvalue weighted by Gasteiger charge is 2.08. The van der Waals surface area contributed by atoms with E-state index in [0.29, 0.717) is 16.5 Å². The Balaban J connectivity index is 1.76. The van der Waals surface area contributed by atoms with Crippen LogP contribution in [0, 0.1) is 5.82 Å². The lowest BCUT2D eigenvalue weighted by Gasteiger charge is -2.10. The average Bonchev–Trinajstić information content (AvgIpc) is 2.59. The van der Waals surface area contributed by atoms with Crippen molar-refractivity contribution in [2.45, 2.75) is 0 Å². The van der Waals surface area contributed by atoms with E-state index in [-0.39, 0.29) is 17.0 Å². The quantitative estimate of drug-likeness (QED) is 0.613. The molecule has 0 aliphatic carbocycles. The molecule has 0 unspecified atom stereocenters. The van der Waals surface area contributed by atoms with Crippen LogP contribution in [0.3, 0.4) is 0 Å². The number of carbonyl (C=O) groups is 1. The second kappa shape index (κ2) is 7.23. The van der Waals surface area contributed by atoms with Crippen molar-refractivity contribution in [1.29, 1.82) is 0 Å². The molecule has 0 bridgehead atoms. The monoisotopic (exact) mass is 357 g/mol. The predicted octanol–water partition coefficient (Wildman–Crippen LogP) is 5.71. The zero-order valence-corrected chi connectivity index (χ0v) is 13.6. The van der Waals surface area contributed by atoms with Gasteiger partial charge in [-0.25, -0.2) is 9.18 Å². The van der Waals surface area contributed by atoms with E-state index in [4.69, 9.17) is 21.4 Å². The first kappa shape index (κ1) is 16.8. The van der Waals surface area contributed by atoms with Crippen molar-refractivity contribution in [2.75, 3.05) is 5.32 Å². The molecule has 3 rings (SSSR count). The second-order valence-electron chi connectivity index (χ2n) is 5.21. The molecule has 0 saturated carbocycles. The Morgan fingerprint density at radius 1 is 1.00 bits per heavy atom. The topological polar surface area (TPSA) is 58.6 Å². The number of halogens is 2. The van der Waals surface area contributed by atoms with Gasteiger partial charge in [0.2, 0.25) is 0 Å². The standard InChI is InChI=1S/C19H13ClFNO3/c20-13-4-6-14(7-5-13)22-18-9-8-16(11-17(18)21)25-15-3-1-2-12(10-15)19(23)24/h1-11,22H,(H,23,24). The van der Waals surface area contributed by atoms with Crippen LogP contribution in [0.15, 0.2) is 66.7 Å². The summed E-state index contributed by atoms with van der Waals surface area (Å²) >= 11 is 5.82. The average molecular weight is 358 g/mol. The Morgan fingerprint density at radius 2 is 1.72 bits per heavy atom. The molecule has 0 radical (unpaired) electrons. The van der Waals surface area contributed by atoms with Crippen LogP contribution < -0.4 is 10.1 Å². The summed E-state index contributed by atoms with van der Waals surface area (Å²) < 4.78 is 19.8. The van der Waals surface area contributed by atoms with Crippen molar-refractivity contribution in [1.82, 2.24) is 0 Å². The van der Waals surface area contributed by atoms with Gasteiger partial charge in [-0.05, 0) is 54.6 Å². The Labute approximate surface area is 148 Å². The largest absolute Gasteiger partial charge is 0.478 e. The molecule has 0 heterocycles. The lowest BCUT2D eigenvalue weighted by atomic mass is 10.2. The Kier molecular flexibility index (Phi) is 4.86. The van der Waals surface area contributed by atoms with Gasteiger partial charge in [0.1, 0.15) is 17.3 Å². The number of anilines is 2. The number of ether oxygens (including phenoxy) is 1. The van der Waals surface area contributed by atoms with Crippen molar-refractivity contribution in [3.8, 4) is 11.5 Å². The molecule has 0 atom stereocenters. The zero-order valence-electron chi connectivity index (χ0n) is 12.9. The van der Waals surface area contributed by atoms with Gasteiger partial charge in [-0.15, -0.1) is 0 Å². The number of nitrogens with one attached hydrogen (secondary N) is 1. The van der Waals surface area contributed by atoms with E-state index in [0.717, 1.165) is 0 Å². The molecular formula is C19H13ClFNO3. The van der Waals surface area contributed by atoms with Crippen LogP contribution >= 0.6 is 11.6 Å². The fourth-order valence-electron chi connectivity index (χ4n) is 2.18. The molecule has 4 nitrogen and oxygen atoms in total. The molecule has 0 saturated heterocycles. The van der Waals surface area contributed by atoms with E-state index < -0.39 is 11.8 Å². The van der Waals surface area contributed by atoms with E-state index in [1.165, 1.54) is 18.2 Å². The van der Waals surface area contributed by atoms with Crippen LogP contribution in [0.1, 0.15) is 10.4 Å². The summed E-state index contributed by atoms with van der Waals surface area (Å²) in [5, 5.41) is 12.5. The number of carboxylic acid groups (broad SMARTS) is 1. The molecule has 0 spiro atoms. The first-order valence-corrected chi connectivity index (χ1v) is 7.72. The van der Waals surface area contributed by atoms with Crippen LogP contribution in [-0.2, 0) is 0 Å². The molecule has 2 N–H and O–H groups in total. The van der Waals surface area contributed by atoms with Crippen molar-refractivity contribution in [3.05, 3.63) is 83.1 Å². The Morgan fingerprint density at radius 3 is 2.40 bits per heavy atom. The van der Waals surface area contributed by atoms with Crippen molar-refractivity contribution in [2.24, 2.45) is 0 Å². The fraction of sp³-hybridized carbons (Fsp3) is 0. The van der Waals surface area contributed by atoms with E-state index in [9.17, 15) is 9.18 Å². The number of hydrogen-bond donors (Lipinski definition) is 2. The van der Waals surface area contributed by atoms with Crippen molar-refractivity contribution < 1.29 is 19.0 Å². The Hall–Kier alpha value is -3.05. The molecule has 6 heteroatoms. The highest BCUT2D eigenvalue weighted by molar-refractivity contribution is 6.30. The number of carboxylic acids is 1. The van der Waals surface area contributed by atoms with Gasteiger partial charge >= 0.3 is 5.97 Å². The summed E-state index contributed by atoms with van der Waals surface area (Å²) in [7, 11) is 0. The van der Waals surface area contributed by atoms with Crippen molar-refractivity contribution >= 4 is 28.9 Å². The molecule has 0 fully saturated rings. The highest BCUT2D eigenvalue weighted by atomic mass is 35.5. The third-order valence-electron chi connectivity index (χ3n) is 3.38. The molecule has 126 valence electrons. The molecule has 25 heavy (non-hydrogen) atoms. The van der Waals surface area contributed by atoms with E-state index in [1.54, 1.807) is 48.5 Å². The molecule has 0 aliphatic rings. The maximum absolute atomic E-state index is 14.3. The highest BCUT2D eigenvalue weighted by Crippen LogP contribution is 2.28. The maximum atomic E-state index is 14.3. The lowest BCUT2D eigenvalue weighted by molar-refractivity contribution is 0.0696. The van der Waals surface area contributed by atoms with Gasteiger partial charge in [-0.2, -0.15) is 0 Å². The minimum Gasteiger partial charge on any atom is -0.478 e. The number of hydrogen-bond acceptors (Lipinski definition) is 3. The smallest absolute Gasteiger partial charge is 0.335 e. The molecule has 0 aliphatic heterocycles. The first-order valence-electron chi connectivity index (χ1n) is 7.34. The summed E-state index contributed by atoms with van der Waals surface area (Å²) in [6, 6.07) is 17.2. The van der Waals surface area contributed by atoms with Crippen LogP contribution in [-0.4, -0.2) is 11.1 Å². The lowest BCUT2D eigenvalue weighted by Crippen LogP contribution is -1.97. The maximum Gasteiger partial charge on any atom is 0.335 e. The summed E-state index contributed by atoms with van der Waals surface area (Å²) in [4.78, 5) is 11.0. The van der Waals surface area contributed by atoms with Gasteiger partial charge in [-0.3, -0.25) is 0 Å². The third kappa shape index (κ3) is 4.28. The van der Waals surface area contributed by atoms with Gasteiger partial charge in [-0.1, -0.05) is 17.7 Å². The normalized spacial score (nSPS) is 10.3. The number of rotatable bonds is 5. The minimum atomic E-state index is -1.06. The summed E-state index contributed by atoms with van der Waals surface area (Å²) in [5.74, 6) is -0.972. The minimum absolute atomic E-state index is 0.0963. The van der Waals surface area contributed by atoms with Gasteiger partial charge < -0.3 is 15.2 Å². The molecule has 3 aromatic carbocycles. The number of benzene rings is 3. The van der Waals surface area contributed by atoms with Gasteiger partial charge in [0.05, 0.1) is 11.3 Å². The molecule has 3 aromatic rings. The predicted molar refractivity (Wildman–Crippen MR) is 94.6 cm³/mol. The van der Waals surface area contributed by atoms with Crippen LogP contribution in [0.4, 0.5) is 15.8 Å². The first-order chi connectivity index (χ1) is 12.0. The summed E-state index contributed by atoms with van der Waals surface area (Å²) in [6.07, 6.45) is 0. The van der Waals surface area contributed by atoms with Gasteiger partial charge in [0.25, 0.3) is 0 Å². The van der Waals surface area contributed by atoms with Gasteiger partial charge in [0, 0.05) is 16.8 Å². The SMILES string of the molecule is O=C(O)c1cccc(Oc2ccc(Nc3ccc(Cl)cc3)c(F)c2)c1. The zero-order chi connectivity index (χ0) is 17.8. The van der Waals surface area contributed by atoms with E-state index in [1.807, 2.05) is 0 Å². The fourth-order valence-corrected chi connectivity index (χ4v) is 2.30. The van der Waals surface area contributed by atoms with Crippen molar-refractivity contribution in [3.63, 3.8) is 0 Å². The molecular weight excluding hydrogens is 345 g/mol. The van der Waals surface area contributed by atoms with E-state index in [2.05, 4.69) is 5.32 Å². The van der Waals surface area contributed by atoms with Crippen LogP contribution in [0.2, 0.25) is 5.02 Å². The molecule has 0 aromatic heterocycles. The van der Waals surface area contributed by atoms with Gasteiger partial charge in [0.15, 0.2) is 0 Å². The third-order valence-corrected chi connectivity index (χ3v) is 3.63. The van der Waals surface area contributed by atoms with Crippen LogP contribution in [0.5, 0.6) is 11.5 Å². The molecule has 0 amide bonds. The second-order valence-corrected chi connectivity index (χ2v) is 5.65. The summed E-state index contributed by atoms with van der Waals surface area (Å²) in [6.45, 7) is 0. The van der Waals surface area contributed by atoms with Crippen LogP contribution in [0.25, 0.3) is 0 Å².